The smallest absolute Gasteiger partial charge is 0.189 e. The van der Waals surface area contributed by atoms with Crippen LogP contribution in [0.5, 0.6) is 0 Å². The van der Waals surface area contributed by atoms with Gasteiger partial charge in [-0.25, -0.2) is 4.39 Å². The SMILES string of the molecule is O=C1/C(=C/C2CCN(Cc3ccc(F)cc3)CC2)Cc2cc(C3=CCNCC3)ccc21. The molecule has 0 amide bonds. The largest absolute Gasteiger partial charge is 0.313 e. The molecule has 0 bridgehead atoms. The van der Waals surface area contributed by atoms with Gasteiger partial charge in [-0.05, 0) is 79.2 Å². The molecule has 2 aliphatic heterocycles. The third kappa shape index (κ3) is 4.56. The van der Waals surface area contributed by atoms with Gasteiger partial charge in [0.25, 0.3) is 0 Å². The molecule has 4 heteroatoms. The molecule has 0 spiro atoms. The molecule has 3 aliphatic rings. The van der Waals surface area contributed by atoms with Gasteiger partial charge in [-0.3, -0.25) is 9.69 Å². The number of Topliss-reactive ketones (excluding diaryl/α,β-unsaturated/α-hetero) is 1. The van der Waals surface area contributed by atoms with Crippen molar-refractivity contribution in [3.05, 3.63) is 88.3 Å². The standard InChI is InChI=1S/C27H29FN2O/c28-25-4-1-20(2-5-25)18-30-13-9-19(10-14-30)15-24-17-23-16-22(3-6-26(23)27(24)31)21-7-11-29-12-8-21/h1-7,15-16,19,29H,8-14,17-18H2/b24-15+. The molecule has 1 fully saturated rings. The fourth-order valence-electron chi connectivity index (χ4n) is 5.05. The van der Waals surface area contributed by atoms with Crippen molar-refractivity contribution >= 4 is 11.4 Å². The molecular formula is C27H29FN2O. The van der Waals surface area contributed by atoms with Gasteiger partial charge in [0.15, 0.2) is 5.78 Å². The fourth-order valence-corrected chi connectivity index (χ4v) is 5.05. The average molecular weight is 417 g/mol. The van der Waals surface area contributed by atoms with Crippen LogP contribution in [0.25, 0.3) is 5.57 Å². The molecule has 0 radical (unpaired) electrons. The number of fused-ring (bicyclic) bond motifs is 1. The minimum Gasteiger partial charge on any atom is -0.313 e. The van der Waals surface area contributed by atoms with E-state index in [0.29, 0.717) is 5.92 Å². The summed E-state index contributed by atoms with van der Waals surface area (Å²) in [6.45, 7) is 4.84. The summed E-state index contributed by atoms with van der Waals surface area (Å²) in [7, 11) is 0. The first-order valence-electron chi connectivity index (χ1n) is 11.4. The summed E-state index contributed by atoms with van der Waals surface area (Å²) in [5.41, 5.74) is 6.85. The van der Waals surface area contributed by atoms with Gasteiger partial charge in [-0.2, -0.15) is 0 Å². The van der Waals surface area contributed by atoms with E-state index < -0.39 is 0 Å². The molecule has 0 saturated carbocycles. The van der Waals surface area contributed by atoms with E-state index in [-0.39, 0.29) is 11.6 Å². The van der Waals surface area contributed by atoms with E-state index in [1.54, 1.807) is 0 Å². The molecule has 0 unspecified atom stereocenters. The van der Waals surface area contributed by atoms with Crippen LogP contribution >= 0.6 is 0 Å². The van der Waals surface area contributed by atoms with Crippen molar-refractivity contribution in [2.75, 3.05) is 26.2 Å². The van der Waals surface area contributed by atoms with Gasteiger partial charge in [0.1, 0.15) is 5.82 Å². The summed E-state index contributed by atoms with van der Waals surface area (Å²) in [6.07, 6.45) is 8.47. The van der Waals surface area contributed by atoms with Crippen molar-refractivity contribution < 1.29 is 9.18 Å². The van der Waals surface area contributed by atoms with Crippen molar-refractivity contribution in [2.24, 2.45) is 5.92 Å². The van der Waals surface area contributed by atoms with E-state index in [2.05, 4.69) is 34.5 Å². The number of allylic oxidation sites excluding steroid dienone is 2. The Labute approximate surface area is 183 Å². The molecule has 2 aromatic rings. The van der Waals surface area contributed by atoms with Crippen LogP contribution in [0.15, 0.2) is 60.2 Å². The number of carbonyl (C=O) groups excluding carboxylic acids is 1. The summed E-state index contributed by atoms with van der Waals surface area (Å²) in [4.78, 5) is 15.4. The molecule has 31 heavy (non-hydrogen) atoms. The summed E-state index contributed by atoms with van der Waals surface area (Å²) >= 11 is 0. The number of rotatable bonds is 4. The third-order valence-electron chi connectivity index (χ3n) is 6.85. The number of nitrogens with zero attached hydrogens (tertiary/aromatic N) is 1. The van der Waals surface area contributed by atoms with Crippen LogP contribution < -0.4 is 5.32 Å². The molecule has 3 nitrogen and oxygen atoms in total. The predicted molar refractivity (Wildman–Crippen MR) is 122 cm³/mol. The predicted octanol–water partition coefficient (Wildman–Crippen LogP) is 4.78. The number of ketones is 1. The lowest BCUT2D eigenvalue weighted by Crippen LogP contribution is -2.32. The second-order valence-corrected chi connectivity index (χ2v) is 8.99. The lowest BCUT2D eigenvalue weighted by Gasteiger charge is -2.30. The van der Waals surface area contributed by atoms with Gasteiger partial charge in [0.05, 0.1) is 0 Å². The Kier molecular flexibility index (Phi) is 5.84. The van der Waals surface area contributed by atoms with Crippen LogP contribution in [-0.2, 0) is 13.0 Å². The molecule has 0 aromatic heterocycles. The monoisotopic (exact) mass is 416 g/mol. The Balaban J connectivity index is 1.21. The number of likely N-dealkylation sites (tertiary alicyclic amines) is 1. The highest BCUT2D eigenvalue weighted by Crippen LogP contribution is 2.32. The summed E-state index contributed by atoms with van der Waals surface area (Å²) in [5, 5.41) is 3.36. The molecule has 2 heterocycles. The normalized spacial score (nSPS) is 21.4. The minimum absolute atomic E-state index is 0.184. The van der Waals surface area contributed by atoms with Crippen molar-refractivity contribution in [1.82, 2.24) is 10.2 Å². The van der Waals surface area contributed by atoms with Gasteiger partial charge in [-0.1, -0.05) is 42.5 Å². The second kappa shape index (κ2) is 8.89. The first-order valence-corrected chi connectivity index (χ1v) is 11.4. The average Bonchev–Trinajstić information content (AvgIpc) is 3.12. The number of hydrogen-bond acceptors (Lipinski definition) is 3. The zero-order valence-corrected chi connectivity index (χ0v) is 17.9. The van der Waals surface area contributed by atoms with Crippen LogP contribution in [0, 0.1) is 11.7 Å². The number of hydrogen-bond donors (Lipinski definition) is 1. The van der Waals surface area contributed by atoms with Gasteiger partial charge in [0, 0.05) is 30.6 Å². The highest BCUT2D eigenvalue weighted by Gasteiger charge is 2.27. The molecule has 1 N–H and O–H groups in total. The number of piperidine rings is 1. The van der Waals surface area contributed by atoms with Gasteiger partial charge < -0.3 is 5.32 Å². The van der Waals surface area contributed by atoms with Crippen molar-refractivity contribution in [2.45, 2.75) is 32.2 Å². The van der Waals surface area contributed by atoms with E-state index >= 15 is 0 Å². The number of benzene rings is 2. The fraction of sp³-hybridized carbons (Fsp3) is 0.370. The third-order valence-corrected chi connectivity index (χ3v) is 6.85. The first-order chi connectivity index (χ1) is 15.2. The van der Waals surface area contributed by atoms with Crippen LogP contribution in [0.2, 0.25) is 0 Å². The molecule has 0 atom stereocenters. The van der Waals surface area contributed by atoms with Crippen molar-refractivity contribution in [3.63, 3.8) is 0 Å². The lowest BCUT2D eigenvalue weighted by molar-refractivity contribution is 0.103. The lowest BCUT2D eigenvalue weighted by atomic mass is 9.93. The summed E-state index contributed by atoms with van der Waals surface area (Å²) in [5.74, 6) is 0.495. The Morgan fingerprint density at radius 3 is 2.65 bits per heavy atom. The Bertz CT molecular complexity index is 1030. The number of nitrogens with one attached hydrogen (secondary N) is 1. The van der Waals surface area contributed by atoms with Crippen LogP contribution in [0.4, 0.5) is 4.39 Å². The number of halogens is 1. The topological polar surface area (TPSA) is 32.3 Å². The van der Waals surface area contributed by atoms with Crippen LogP contribution in [0.3, 0.4) is 0 Å². The van der Waals surface area contributed by atoms with E-state index in [4.69, 9.17) is 0 Å². The molecule has 2 aromatic carbocycles. The maximum atomic E-state index is 13.1. The Morgan fingerprint density at radius 2 is 1.90 bits per heavy atom. The van der Waals surface area contributed by atoms with Crippen LogP contribution in [-0.4, -0.2) is 36.9 Å². The Hall–Kier alpha value is -2.56. The van der Waals surface area contributed by atoms with Gasteiger partial charge >= 0.3 is 0 Å². The van der Waals surface area contributed by atoms with Crippen molar-refractivity contribution in [3.8, 4) is 0 Å². The molecule has 1 aliphatic carbocycles. The van der Waals surface area contributed by atoms with Crippen LogP contribution in [0.1, 0.15) is 46.3 Å². The van der Waals surface area contributed by atoms with Gasteiger partial charge in [-0.15, -0.1) is 0 Å². The number of carbonyl (C=O) groups is 1. The maximum Gasteiger partial charge on any atom is 0.189 e. The highest BCUT2D eigenvalue weighted by atomic mass is 19.1. The van der Waals surface area contributed by atoms with Crippen molar-refractivity contribution in [1.29, 1.82) is 0 Å². The first kappa shape index (κ1) is 20.3. The molecule has 160 valence electrons. The maximum absolute atomic E-state index is 13.1. The summed E-state index contributed by atoms with van der Waals surface area (Å²) < 4.78 is 13.1. The molecular weight excluding hydrogens is 387 g/mol. The van der Waals surface area contributed by atoms with E-state index in [0.717, 1.165) is 75.1 Å². The quantitative estimate of drug-likeness (QED) is 0.728. The highest BCUT2D eigenvalue weighted by molar-refractivity contribution is 6.13. The zero-order chi connectivity index (χ0) is 21.2. The molecule has 5 rings (SSSR count). The molecule has 1 saturated heterocycles. The van der Waals surface area contributed by atoms with E-state index in [1.165, 1.54) is 28.8 Å². The van der Waals surface area contributed by atoms with Gasteiger partial charge in [0.2, 0.25) is 0 Å². The summed E-state index contributed by atoms with van der Waals surface area (Å²) in [6, 6.07) is 13.2. The minimum atomic E-state index is -0.184. The second-order valence-electron chi connectivity index (χ2n) is 8.99. The van der Waals surface area contributed by atoms with E-state index in [9.17, 15) is 9.18 Å². The zero-order valence-electron chi connectivity index (χ0n) is 17.9. The van der Waals surface area contributed by atoms with E-state index in [1.807, 2.05) is 18.2 Å². The Morgan fingerprint density at radius 1 is 1.10 bits per heavy atom.